The number of aliphatic hydroxyl groups is 3. The minimum Gasteiger partial charge on any atom is -0.412 e. The van der Waals surface area contributed by atoms with Crippen LogP contribution in [0.5, 0.6) is 0 Å². The molecule has 0 spiro atoms. The molecule has 1 aliphatic heterocycles. The van der Waals surface area contributed by atoms with Crippen LogP contribution >= 0.6 is 7.82 Å². The van der Waals surface area contributed by atoms with E-state index in [0.717, 1.165) is 0 Å². The number of nitrogen functional groups attached to an aromatic ring is 1. The van der Waals surface area contributed by atoms with Crippen molar-refractivity contribution in [3.63, 3.8) is 0 Å². The van der Waals surface area contributed by atoms with E-state index in [1.54, 1.807) is 0 Å². The molecule has 1 fully saturated rings. The lowest BCUT2D eigenvalue weighted by Gasteiger charge is -2.21. The highest BCUT2D eigenvalue weighted by Crippen LogP contribution is 2.41. The predicted molar refractivity (Wildman–Crippen MR) is 78.5 cm³/mol. The van der Waals surface area contributed by atoms with E-state index in [-0.39, 0.29) is 28.3 Å². The lowest BCUT2D eigenvalue weighted by molar-refractivity contribution is -0.154. The summed E-state index contributed by atoms with van der Waals surface area (Å²) < 4.78 is 20.1. The SMILES string of the molecule is Nc1ncnc2nc(C3O[C@H](C(O)OP(=O)(O)O)[C@@H](O)[C@@H]3O)[nH]c12.O. The molecule has 0 bridgehead atoms. The summed E-state index contributed by atoms with van der Waals surface area (Å²) in [5, 5.41) is 29.6. The van der Waals surface area contributed by atoms with E-state index in [2.05, 4.69) is 24.5 Å². The molecule has 0 radical (unpaired) electrons. The van der Waals surface area contributed by atoms with Gasteiger partial charge in [0, 0.05) is 0 Å². The van der Waals surface area contributed by atoms with E-state index >= 15 is 0 Å². The van der Waals surface area contributed by atoms with Gasteiger partial charge in [0.05, 0.1) is 0 Å². The summed E-state index contributed by atoms with van der Waals surface area (Å²) in [5.41, 5.74) is 6.13. The number of phosphoric acid groups is 1. The molecular weight excluding hydrogens is 365 g/mol. The van der Waals surface area contributed by atoms with E-state index in [1.807, 2.05) is 0 Å². The summed E-state index contributed by atoms with van der Waals surface area (Å²) in [7, 11) is -5.02. The number of rotatable bonds is 4. The minimum atomic E-state index is -5.02. The normalized spacial score (nSPS) is 28.0. The average Bonchev–Trinajstić information content (AvgIpc) is 3.01. The maximum absolute atomic E-state index is 10.8. The lowest BCUT2D eigenvalue weighted by Crippen LogP contribution is -2.39. The van der Waals surface area contributed by atoms with Crippen LogP contribution in [0.15, 0.2) is 6.33 Å². The number of phosphoric ester groups is 1. The zero-order valence-corrected chi connectivity index (χ0v) is 13.2. The van der Waals surface area contributed by atoms with Crippen molar-refractivity contribution in [3.05, 3.63) is 12.2 Å². The van der Waals surface area contributed by atoms with Crippen LogP contribution in [0.3, 0.4) is 0 Å². The number of nitrogens with two attached hydrogens (primary N) is 1. The third-order valence-corrected chi connectivity index (χ3v) is 3.92. The summed E-state index contributed by atoms with van der Waals surface area (Å²) in [4.78, 5) is 31.8. The molecule has 0 aliphatic carbocycles. The minimum absolute atomic E-state index is 0. The number of imidazole rings is 1. The third-order valence-electron chi connectivity index (χ3n) is 3.43. The second-order valence-electron chi connectivity index (χ2n) is 5.07. The number of nitrogens with zero attached hydrogens (tertiary/aromatic N) is 3. The van der Waals surface area contributed by atoms with Gasteiger partial charge in [-0.2, -0.15) is 0 Å². The molecule has 2 unspecified atom stereocenters. The number of ether oxygens (including phenoxy) is 1. The van der Waals surface area contributed by atoms with E-state index in [4.69, 9.17) is 20.3 Å². The van der Waals surface area contributed by atoms with Crippen LogP contribution in [0.2, 0.25) is 0 Å². The second kappa shape index (κ2) is 6.87. The van der Waals surface area contributed by atoms with Gasteiger partial charge in [-0.3, -0.25) is 4.52 Å². The van der Waals surface area contributed by atoms with Gasteiger partial charge in [0.1, 0.15) is 42.1 Å². The smallest absolute Gasteiger partial charge is 0.412 e. The van der Waals surface area contributed by atoms with Crippen LogP contribution in [0.1, 0.15) is 11.9 Å². The summed E-state index contributed by atoms with van der Waals surface area (Å²) in [6.45, 7) is 0. The molecule has 0 saturated carbocycles. The Morgan fingerprint density at radius 1 is 1.32 bits per heavy atom. The average molecular weight is 381 g/mol. The standard InChI is InChI=1S/C10H14N5O8P.H2O/c11-7-2-8(13-1-12-7)15-9(14-2)5-3(16)4(17)6(22-5)10(18)23-24(19,20)21;/h1,3-6,10,16-18H,(H2,19,20,21)(H3,11,12,13,14,15);1H2/t3-,4-,5?,6-,10?;/m0./s1. The molecule has 1 aliphatic rings. The predicted octanol–water partition coefficient (Wildman–Crippen LogP) is -3.30. The molecule has 3 heterocycles. The van der Waals surface area contributed by atoms with Gasteiger partial charge in [0.2, 0.25) is 0 Å². The Balaban J connectivity index is 0.00000225. The number of hydrogen-bond donors (Lipinski definition) is 7. The second-order valence-corrected chi connectivity index (χ2v) is 6.26. The Labute approximate surface area is 138 Å². The van der Waals surface area contributed by atoms with Gasteiger partial charge in [-0.1, -0.05) is 0 Å². The van der Waals surface area contributed by atoms with Crippen LogP contribution in [-0.2, 0) is 13.8 Å². The highest BCUT2D eigenvalue weighted by atomic mass is 31.2. The fraction of sp³-hybridized carbons (Fsp3) is 0.500. The molecule has 3 rings (SSSR count). The first-order valence-electron chi connectivity index (χ1n) is 6.57. The van der Waals surface area contributed by atoms with Crippen LogP contribution in [0, 0.1) is 0 Å². The maximum Gasteiger partial charge on any atom is 0.472 e. The number of anilines is 1. The number of aliphatic hydroxyl groups excluding tert-OH is 3. The number of hydrogen-bond acceptors (Lipinski definition) is 10. The van der Waals surface area contributed by atoms with Crippen molar-refractivity contribution >= 4 is 24.8 Å². The fourth-order valence-corrected chi connectivity index (χ4v) is 2.77. The molecule has 2 aromatic heterocycles. The van der Waals surface area contributed by atoms with E-state index in [9.17, 15) is 19.9 Å². The van der Waals surface area contributed by atoms with Crippen molar-refractivity contribution in [3.8, 4) is 0 Å². The van der Waals surface area contributed by atoms with Gasteiger partial charge in [0.25, 0.3) is 0 Å². The van der Waals surface area contributed by atoms with Crippen LogP contribution < -0.4 is 5.73 Å². The van der Waals surface area contributed by atoms with Crippen molar-refractivity contribution in [1.82, 2.24) is 19.9 Å². The molecule has 15 heteroatoms. The fourth-order valence-electron chi connectivity index (χ4n) is 2.37. The first kappa shape index (κ1) is 19.6. The van der Waals surface area contributed by atoms with Crippen molar-refractivity contribution in [2.45, 2.75) is 30.7 Å². The molecule has 0 aromatic carbocycles. The molecule has 25 heavy (non-hydrogen) atoms. The molecular formula is C10H16N5O9P. The Bertz CT molecular complexity index is 796. The van der Waals surface area contributed by atoms with Crippen molar-refractivity contribution < 1.29 is 44.4 Å². The Hall–Kier alpha value is -1.74. The number of nitrogens with one attached hydrogen (secondary N) is 1. The lowest BCUT2D eigenvalue weighted by atomic mass is 10.1. The monoisotopic (exact) mass is 381 g/mol. The summed E-state index contributed by atoms with van der Waals surface area (Å²) in [6.07, 6.45) is -7.09. The van der Waals surface area contributed by atoms with Gasteiger partial charge in [-0.15, -0.1) is 0 Å². The largest absolute Gasteiger partial charge is 0.472 e. The highest BCUT2D eigenvalue weighted by molar-refractivity contribution is 7.46. The van der Waals surface area contributed by atoms with Gasteiger partial charge in [-0.25, -0.2) is 19.5 Å². The van der Waals surface area contributed by atoms with Gasteiger partial charge in [-0.05, 0) is 0 Å². The van der Waals surface area contributed by atoms with E-state index in [1.165, 1.54) is 6.33 Å². The molecule has 14 nitrogen and oxygen atoms in total. The zero-order valence-electron chi connectivity index (χ0n) is 12.3. The zero-order chi connectivity index (χ0) is 17.6. The summed E-state index contributed by atoms with van der Waals surface area (Å²) in [6, 6.07) is 0. The molecule has 0 amide bonds. The van der Waals surface area contributed by atoms with Crippen LogP contribution in [0.4, 0.5) is 5.82 Å². The maximum atomic E-state index is 10.8. The number of aromatic nitrogens is 4. The highest BCUT2D eigenvalue weighted by Gasteiger charge is 2.49. The van der Waals surface area contributed by atoms with E-state index < -0.39 is 38.5 Å². The van der Waals surface area contributed by atoms with Gasteiger partial charge < -0.3 is 46.0 Å². The summed E-state index contributed by atoms with van der Waals surface area (Å²) >= 11 is 0. The third kappa shape index (κ3) is 3.77. The van der Waals surface area contributed by atoms with Gasteiger partial charge >= 0.3 is 7.82 Å². The molecule has 140 valence electrons. The van der Waals surface area contributed by atoms with Crippen LogP contribution in [-0.4, -0.2) is 75.1 Å². The molecule has 5 atom stereocenters. The molecule has 1 saturated heterocycles. The quantitative estimate of drug-likeness (QED) is 0.203. The summed E-state index contributed by atoms with van der Waals surface area (Å²) in [5.74, 6) is 0.142. The molecule has 10 N–H and O–H groups in total. The number of aromatic amines is 1. The first-order chi connectivity index (χ1) is 11.2. The number of H-pyrrole nitrogens is 1. The van der Waals surface area contributed by atoms with Crippen molar-refractivity contribution in [1.29, 1.82) is 0 Å². The van der Waals surface area contributed by atoms with Gasteiger partial charge in [0.15, 0.2) is 17.8 Å². The number of fused-ring (bicyclic) bond motifs is 1. The Morgan fingerprint density at radius 2 is 2.00 bits per heavy atom. The molecule has 2 aromatic rings. The Morgan fingerprint density at radius 3 is 2.60 bits per heavy atom. The van der Waals surface area contributed by atoms with Crippen molar-refractivity contribution in [2.75, 3.05) is 5.73 Å². The van der Waals surface area contributed by atoms with Crippen molar-refractivity contribution in [2.24, 2.45) is 0 Å². The first-order valence-corrected chi connectivity index (χ1v) is 8.10. The van der Waals surface area contributed by atoms with Crippen LogP contribution in [0.25, 0.3) is 11.2 Å². The Kier molecular flexibility index (Phi) is 5.38. The van der Waals surface area contributed by atoms with E-state index in [0.29, 0.717) is 0 Å². The topological polar surface area (TPSA) is 249 Å².